The summed E-state index contributed by atoms with van der Waals surface area (Å²) in [5, 5.41) is 3.51. The van der Waals surface area contributed by atoms with Crippen LogP contribution in [0.2, 0.25) is 5.02 Å². The largest absolute Gasteiger partial charge is 0.497 e. The first kappa shape index (κ1) is 23.4. The Balaban J connectivity index is 1.91. The number of sulfonamides is 1. The number of hydrogen-bond acceptors (Lipinski definition) is 5. The minimum absolute atomic E-state index is 0.352. The van der Waals surface area contributed by atoms with Crippen LogP contribution in [-0.2, 0) is 20.6 Å². The van der Waals surface area contributed by atoms with Crippen molar-refractivity contribution < 1.29 is 17.9 Å². The second-order valence-electron chi connectivity index (χ2n) is 6.41. The standard InChI is InChI=1S/C20H25ClN2O4S2/c1-15(23(29(3,25)26)18-7-9-19(27-2)10-8-18)20(24)22-11-12-28-14-16-5-4-6-17(21)13-16/h4-10,13,15H,11-12,14H2,1-3H3,(H,22,24)/t15-/m1/s1. The molecule has 0 saturated heterocycles. The van der Waals surface area contributed by atoms with Crippen LogP contribution >= 0.6 is 23.4 Å². The van der Waals surface area contributed by atoms with Crippen molar-refractivity contribution >= 4 is 45.0 Å². The van der Waals surface area contributed by atoms with E-state index in [9.17, 15) is 13.2 Å². The molecule has 29 heavy (non-hydrogen) atoms. The summed E-state index contributed by atoms with van der Waals surface area (Å²) in [6.07, 6.45) is 1.09. The van der Waals surface area contributed by atoms with Gasteiger partial charge in [-0.1, -0.05) is 23.7 Å². The zero-order chi connectivity index (χ0) is 21.4. The fraction of sp³-hybridized carbons (Fsp3) is 0.350. The summed E-state index contributed by atoms with van der Waals surface area (Å²) < 4.78 is 30.8. The number of carbonyl (C=O) groups excluding carboxylic acids is 1. The number of nitrogens with one attached hydrogen (secondary N) is 1. The summed E-state index contributed by atoms with van der Waals surface area (Å²) in [6.45, 7) is 2.01. The van der Waals surface area contributed by atoms with Crippen molar-refractivity contribution in [3.63, 3.8) is 0 Å². The van der Waals surface area contributed by atoms with Crippen LogP contribution in [-0.4, -0.2) is 46.0 Å². The number of rotatable bonds is 10. The summed E-state index contributed by atoms with van der Waals surface area (Å²) in [5.41, 5.74) is 1.52. The highest BCUT2D eigenvalue weighted by molar-refractivity contribution is 7.98. The van der Waals surface area contributed by atoms with Crippen molar-refractivity contribution in [3.8, 4) is 5.75 Å². The minimum atomic E-state index is -3.64. The third kappa shape index (κ3) is 7.13. The Bertz CT molecular complexity index is 920. The van der Waals surface area contributed by atoms with E-state index in [2.05, 4.69) is 5.32 Å². The van der Waals surface area contributed by atoms with Crippen LogP contribution in [0.5, 0.6) is 5.75 Å². The molecular formula is C20H25ClN2O4S2. The van der Waals surface area contributed by atoms with Gasteiger partial charge in [-0.15, -0.1) is 0 Å². The molecule has 0 radical (unpaired) electrons. The lowest BCUT2D eigenvalue weighted by Crippen LogP contribution is -2.48. The van der Waals surface area contributed by atoms with Crippen LogP contribution in [0.3, 0.4) is 0 Å². The molecule has 6 nitrogen and oxygen atoms in total. The zero-order valence-corrected chi connectivity index (χ0v) is 19.0. The lowest BCUT2D eigenvalue weighted by atomic mass is 10.2. The third-order valence-corrected chi connectivity index (χ3v) is 6.63. The van der Waals surface area contributed by atoms with E-state index in [1.165, 1.54) is 7.11 Å². The lowest BCUT2D eigenvalue weighted by molar-refractivity contribution is -0.121. The molecule has 1 atom stereocenters. The number of ether oxygens (including phenoxy) is 1. The summed E-state index contributed by atoms with van der Waals surface area (Å²) in [7, 11) is -2.11. The van der Waals surface area contributed by atoms with E-state index >= 15 is 0 Å². The summed E-state index contributed by atoms with van der Waals surface area (Å²) in [5.74, 6) is 1.74. The molecule has 0 saturated carbocycles. The van der Waals surface area contributed by atoms with Gasteiger partial charge >= 0.3 is 0 Å². The smallest absolute Gasteiger partial charge is 0.243 e. The van der Waals surface area contributed by atoms with Gasteiger partial charge in [0.25, 0.3) is 0 Å². The van der Waals surface area contributed by atoms with Crippen LogP contribution in [0.1, 0.15) is 12.5 Å². The van der Waals surface area contributed by atoms with Gasteiger partial charge in [0, 0.05) is 23.1 Å². The molecule has 158 valence electrons. The highest BCUT2D eigenvalue weighted by Crippen LogP contribution is 2.24. The molecule has 0 aromatic heterocycles. The summed E-state index contributed by atoms with van der Waals surface area (Å²) >= 11 is 7.63. The van der Waals surface area contributed by atoms with Crippen molar-refractivity contribution in [2.24, 2.45) is 0 Å². The topological polar surface area (TPSA) is 75.7 Å². The average molecular weight is 457 g/mol. The molecule has 9 heteroatoms. The van der Waals surface area contributed by atoms with Gasteiger partial charge in [-0.05, 0) is 48.9 Å². The average Bonchev–Trinajstić information content (AvgIpc) is 2.67. The van der Waals surface area contributed by atoms with Gasteiger partial charge in [-0.3, -0.25) is 9.10 Å². The monoisotopic (exact) mass is 456 g/mol. The zero-order valence-electron chi connectivity index (χ0n) is 16.6. The van der Waals surface area contributed by atoms with Gasteiger partial charge in [0.05, 0.1) is 19.1 Å². The van der Waals surface area contributed by atoms with E-state index in [1.807, 2.05) is 24.3 Å². The van der Waals surface area contributed by atoms with Crippen LogP contribution in [0, 0.1) is 0 Å². The molecule has 1 N–H and O–H groups in total. The third-order valence-electron chi connectivity index (χ3n) is 4.12. The quantitative estimate of drug-likeness (QED) is 0.553. The highest BCUT2D eigenvalue weighted by atomic mass is 35.5. The van der Waals surface area contributed by atoms with Gasteiger partial charge in [-0.25, -0.2) is 8.42 Å². The van der Waals surface area contributed by atoms with E-state index in [4.69, 9.17) is 16.3 Å². The Morgan fingerprint density at radius 3 is 2.52 bits per heavy atom. The van der Waals surface area contributed by atoms with Crippen molar-refractivity contribution in [3.05, 3.63) is 59.1 Å². The van der Waals surface area contributed by atoms with E-state index < -0.39 is 16.1 Å². The number of anilines is 1. The molecule has 0 aliphatic rings. The number of hydrogen-bond donors (Lipinski definition) is 1. The van der Waals surface area contributed by atoms with Crippen molar-refractivity contribution in [1.82, 2.24) is 5.32 Å². The number of amides is 1. The lowest BCUT2D eigenvalue weighted by Gasteiger charge is -2.28. The summed E-state index contributed by atoms with van der Waals surface area (Å²) in [6, 6.07) is 13.3. The molecule has 1 amide bonds. The van der Waals surface area contributed by atoms with Crippen LogP contribution in [0.15, 0.2) is 48.5 Å². The molecule has 0 aliphatic carbocycles. The molecule has 2 aromatic rings. The predicted molar refractivity (Wildman–Crippen MR) is 120 cm³/mol. The second kappa shape index (κ2) is 10.8. The van der Waals surface area contributed by atoms with Crippen molar-refractivity contribution in [1.29, 1.82) is 0 Å². The Morgan fingerprint density at radius 2 is 1.93 bits per heavy atom. The van der Waals surface area contributed by atoms with E-state index in [-0.39, 0.29) is 5.91 Å². The maximum absolute atomic E-state index is 12.5. The number of thioether (sulfide) groups is 1. The number of halogens is 1. The van der Waals surface area contributed by atoms with Gasteiger partial charge in [0.2, 0.25) is 15.9 Å². The van der Waals surface area contributed by atoms with Gasteiger partial charge < -0.3 is 10.1 Å². The molecule has 0 aliphatic heterocycles. The SMILES string of the molecule is COc1ccc(N([C@H](C)C(=O)NCCSCc2cccc(Cl)c2)S(C)(=O)=O)cc1. The number of carbonyl (C=O) groups is 1. The highest BCUT2D eigenvalue weighted by Gasteiger charge is 2.28. The van der Waals surface area contributed by atoms with Gasteiger partial charge in [0.1, 0.15) is 11.8 Å². The molecule has 0 spiro atoms. The second-order valence-corrected chi connectivity index (χ2v) is 9.81. The molecule has 2 rings (SSSR count). The van der Waals surface area contributed by atoms with Crippen LogP contribution in [0.25, 0.3) is 0 Å². The molecule has 0 heterocycles. The van der Waals surface area contributed by atoms with Gasteiger partial charge in [-0.2, -0.15) is 11.8 Å². The van der Waals surface area contributed by atoms with Gasteiger partial charge in [0.15, 0.2) is 0 Å². The van der Waals surface area contributed by atoms with Crippen LogP contribution < -0.4 is 14.4 Å². The Kier molecular flexibility index (Phi) is 8.67. The minimum Gasteiger partial charge on any atom is -0.497 e. The first-order chi connectivity index (χ1) is 13.7. The fourth-order valence-electron chi connectivity index (χ4n) is 2.75. The Labute approximate surface area is 181 Å². The molecule has 2 aromatic carbocycles. The summed E-state index contributed by atoms with van der Waals surface area (Å²) in [4.78, 5) is 12.5. The fourth-order valence-corrected chi connectivity index (χ4v) is 4.94. The van der Waals surface area contributed by atoms with Crippen molar-refractivity contribution in [2.45, 2.75) is 18.7 Å². The Hall–Kier alpha value is -1.90. The first-order valence-electron chi connectivity index (χ1n) is 8.95. The predicted octanol–water partition coefficient (Wildman–Crippen LogP) is 3.55. The number of methoxy groups -OCH3 is 1. The number of benzene rings is 2. The normalized spacial score (nSPS) is 12.3. The van der Waals surface area contributed by atoms with E-state index in [1.54, 1.807) is 43.0 Å². The Morgan fingerprint density at radius 1 is 1.24 bits per heavy atom. The number of nitrogens with zero attached hydrogens (tertiary/aromatic N) is 1. The maximum Gasteiger partial charge on any atom is 0.243 e. The van der Waals surface area contributed by atoms with E-state index in [0.29, 0.717) is 28.8 Å². The van der Waals surface area contributed by atoms with Crippen molar-refractivity contribution in [2.75, 3.05) is 30.0 Å². The molecule has 0 fully saturated rings. The van der Waals surface area contributed by atoms with E-state index in [0.717, 1.165) is 21.9 Å². The molecular weight excluding hydrogens is 432 g/mol. The molecule has 0 unspecified atom stereocenters. The van der Waals surface area contributed by atoms with Crippen LogP contribution in [0.4, 0.5) is 5.69 Å². The maximum atomic E-state index is 12.5. The molecule has 0 bridgehead atoms. The first-order valence-corrected chi connectivity index (χ1v) is 12.3.